The third-order valence-electron chi connectivity index (χ3n) is 5.80. The van der Waals surface area contributed by atoms with Gasteiger partial charge in [0.15, 0.2) is 0 Å². The summed E-state index contributed by atoms with van der Waals surface area (Å²) in [4.78, 5) is 15.2. The van der Waals surface area contributed by atoms with Crippen LogP contribution in [-0.2, 0) is 22.5 Å². The first-order chi connectivity index (χ1) is 12.2. The zero-order valence-corrected chi connectivity index (χ0v) is 16.0. The van der Waals surface area contributed by atoms with Gasteiger partial charge in [0.2, 0.25) is 0 Å². The van der Waals surface area contributed by atoms with Crippen molar-refractivity contribution in [1.29, 1.82) is 0 Å². The van der Waals surface area contributed by atoms with Crippen molar-refractivity contribution < 1.29 is 14.3 Å². The van der Waals surface area contributed by atoms with Crippen molar-refractivity contribution in [3.8, 4) is 5.75 Å². The highest BCUT2D eigenvalue weighted by Crippen LogP contribution is 2.31. The number of carbonyl (C=O) groups excluding carboxylic acids is 1. The second kappa shape index (κ2) is 8.59. The van der Waals surface area contributed by atoms with E-state index in [1.54, 1.807) is 0 Å². The van der Waals surface area contributed by atoms with Gasteiger partial charge in [-0.1, -0.05) is 25.0 Å². The van der Waals surface area contributed by atoms with Crippen LogP contribution in [0.2, 0.25) is 0 Å². The Morgan fingerprint density at radius 3 is 2.73 bits per heavy atom. The molecular weight excluding hydrogens is 352 g/mol. The van der Waals surface area contributed by atoms with Gasteiger partial charge >= 0.3 is 0 Å². The standard InChI is InChI=1S/C20H28N2O3.ClH/c21-12-17-6-8-19(25-17)20(23)22(16-3-1-2-4-16)13-14-5-7-18-15(11-14)9-10-24-18;/h5,7,11,16-17,19H,1-4,6,8-10,12-13,21H2;1H/t17-,19+;/m1./s1. The molecule has 6 heteroatoms. The molecule has 2 fully saturated rings. The molecule has 0 aromatic heterocycles. The molecule has 5 nitrogen and oxygen atoms in total. The van der Waals surface area contributed by atoms with Gasteiger partial charge < -0.3 is 20.1 Å². The van der Waals surface area contributed by atoms with Crippen molar-refractivity contribution in [3.63, 3.8) is 0 Å². The molecule has 1 saturated carbocycles. The summed E-state index contributed by atoms with van der Waals surface area (Å²) in [7, 11) is 0. The minimum atomic E-state index is -0.313. The Hall–Kier alpha value is -1.30. The molecule has 2 heterocycles. The van der Waals surface area contributed by atoms with E-state index in [0.29, 0.717) is 19.1 Å². The molecule has 1 saturated heterocycles. The smallest absolute Gasteiger partial charge is 0.252 e. The van der Waals surface area contributed by atoms with Crippen molar-refractivity contribution >= 4 is 18.3 Å². The molecule has 1 aromatic rings. The van der Waals surface area contributed by atoms with Gasteiger partial charge in [-0.15, -0.1) is 12.4 Å². The Bertz CT molecular complexity index is 633. The number of carbonyl (C=O) groups is 1. The highest BCUT2D eigenvalue weighted by Gasteiger charge is 2.36. The van der Waals surface area contributed by atoms with E-state index in [9.17, 15) is 4.79 Å². The van der Waals surface area contributed by atoms with E-state index in [-0.39, 0.29) is 30.5 Å². The average molecular weight is 381 g/mol. The van der Waals surface area contributed by atoms with Gasteiger partial charge in [-0.3, -0.25) is 4.79 Å². The Labute approximate surface area is 161 Å². The summed E-state index contributed by atoms with van der Waals surface area (Å²) in [5.74, 6) is 1.15. The molecule has 4 rings (SSSR count). The van der Waals surface area contributed by atoms with Crippen LogP contribution in [0.3, 0.4) is 0 Å². The van der Waals surface area contributed by atoms with Crippen LogP contribution in [0.4, 0.5) is 0 Å². The summed E-state index contributed by atoms with van der Waals surface area (Å²) in [5, 5.41) is 0. The number of hydrogen-bond donors (Lipinski definition) is 1. The summed E-state index contributed by atoms with van der Waals surface area (Å²) in [6.07, 6.45) is 7.00. The second-order valence-electron chi connectivity index (χ2n) is 7.50. The normalized spacial score (nSPS) is 24.8. The predicted octanol–water partition coefficient (Wildman–Crippen LogP) is 2.82. The molecule has 0 bridgehead atoms. The van der Waals surface area contributed by atoms with Crippen LogP contribution in [0.25, 0.3) is 0 Å². The second-order valence-corrected chi connectivity index (χ2v) is 7.50. The van der Waals surface area contributed by atoms with E-state index in [0.717, 1.165) is 44.5 Å². The zero-order chi connectivity index (χ0) is 17.2. The van der Waals surface area contributed by atoms with Crippen LogP contribution < -0.4 is 10.5 Å². The monoisotopic (exact) mass is 380 g/mol. The van der Waals surface area contributed by atoms with Gasteiger partial charge in [0.1, 0.15) is 11.9 Å². The molecule has 26 heavy (non-hydrogen) atoms. The number of halogens is 1. The van der Waals surface area contributed by atoms with E-state index in [1.807, 2.05) is 6.07 Å². The quantitative estimate of drug-likeness (QED) is 0.853. The molecule has 1 aromatic carbocycles. The third-order valence-corrected chi connectivity index (χ3v) is 5.80. The van der Waals surface area contributed by atoms with E-state index in [1.165, 1.54) is 24.0 Å². The summed E-state index contributed by atoms with van der Waals surface area (Å²) in [6, 6.07) is 6.69. The lowest BCUT2D eigenvalue weighted by Gasteiger charge is -2.31. The summed E-state index contributed by atoms with van der Waals surface area (Å²) in [6.45, 7) is 1.93. The Kier molecular flexibility index (Phi) is 6.43. The molecule has 2 aliphatic heterocycles. The van der Waals surface area contributed by atoms with Gasteiger partial charge in [-0.2, -0.15) is 0 Å². The summed E-state index contributed by atoms with van der Waals surface area (Å²) < 4.78 is 11.5. The molecule has 1 aliphatic carbocycles. The van der Waals surface area contributed by atoms with Gasteiger partial charge in [-0.05, 0) is 42.9 Å². The number of rotatable bonds is 5. The highest BCUT2D eigenvalue weighted by atomic mass is 35.5. The molecule has 1 amide bonds. The molecule has 2 atom stereocenters. The molecule has 144 valence electrons. The number of nitrogens with two attached hydrogens (primary N) is 1. The van der Waals surface area contributed by atoms with Gasteiger partial charge in [0.25, 0.3) is 5.91 Å². The molecule has 3 aliphatic rings. The number of benzene rings is 1. The number of ether oxygens (including phenoxy) is 2. The van der Waals surface area contributed by atoms with Gasteiger partial charge in [0.05, 0.1) is 12.7 Å². The number of hydrogen-bond acceptors (Lipinski definition) is 4. The fourth-order valence-electron chi connectivity index (χ4n) is 4.38. The predicted molar refractivity (Wildman–Crippen MR) is 103 cm³/mol. The largest absolute Gasteiger partial charge is 0.493 e. The number of fused-ring (bicyclic) bond motifs is 1. The van der Waals surface area contributed by atoms with Crippen LogP contribution in [-0.4, -0.2) is 42.2 Å². The minimum Gasteiger partial charge on any atom is -0.493 e. The van der Waals surface area contributed by atoms with Crippen molar-refractivity contribution in [3.05, 3.63) is 29.3 Å². The van der Waals surface area contributed by atoms with Crippen molar-refractivity contribution in [2.75, 3.05) is 13.2 Å². The maximum absolute atomic E-state index is 13.2. The Morgan fingerprint density at radius 1 is 1.19 bits per heavy atom. The molecule has 0 spiro atoms. The summed E-state index contributed by atoms with van der Waals surface area (Å²) >= 11 is 0. The highest BCUT2D eigenvalue weighted by molar-refractivity contribution is 5.85. The lowest BCUT2D eigenvalue weighted by Crippen LogP contribution is -2.44. The first-order valence-electron chi connectivity index (χ1n) is 9.65. The zero-order valence-electron chi connectivity index (χ0n) is 15.2. The minimum absolute atomic E-state index is 0. The van der Waals surface area contributed by atoms with E-state index in [2.05, 4.69) is 17.0 Å². The molecular formula is C20H29ClN2O3. The van der Waals surface area contributed by atoms with Crippen LogP contribution in [0.1, 0.15) is 49.7 Å². The fraction of sp³-hybridized carbons (Fsp3) is 0.650. The first-order valence-corrected chi connectivity index (χ1v) is 9.65. The molecule has 0 unspecified atom stereocenters. The van der Waals surface area contributed by atoms with Crippen LogP contribution >= 0.6 is 12.4 Å². The number of amides is 1. The number of nitrogens with zero attached hydrogens (tertiary/aromatic N) is 1. The third kappa shape index (κ3) is 4.00. The van der Waals surface area contributed by atoms with Crippen molar-refractivity contribution in [1.82, 2.24) is 4.90 Å². The average Bonchev–Trinajstić information content (AvgIpc) is 3.39. The van der Waals surface area contributed by atoms with E-state index in [4.69, 9.17) is 15.2 Å². The first kappa shape index (κ1) is 19.5. The topological polar surface area (TPSA) is 64.8 Å². The summed E-state index contributed by atoms with van der Waals surface area (Å²) in [5.41, 5.74) is 8.16. The Morgan fingerprint density at radius 2 is 2.00 bits per heavy atom. The van der Waals surface area contributed by atoms with Crippen LogP contribution in [0.5, 0.6) is 5.75 Å². The lowest BCUT2D eigenvalue weighted by atomic mass is 10.1. The van der Waals surface area contributed by atoms with E-state index >= 15 is 0 Å². The maximum Gasteiger partial charge on any atom is 0.252 e. The lowest BCUT2D eigenvalue weighted by molar-refractivity contribution is -0.145. The van der Waals surface area contributed by atoms with Gasteiger partial charge in [-0.25, -0.2) is 0 Å². The van der Waals surface area contributed by atoms with Gasteiger partial charge in [0, 0.05) is 25.6 Å². The van der Waals surface area contributed by atoms with Crippen molar-refractivity contribution in [2.45, 2.75) is 69.7 Å². The van der Waals surface area contributed by atoms with E-state index < -0.39 is 0 Å². The van der Waals surface area contributed by atoms with Crippen molar-refractivity contribution in [2.24, 2.45) is 5.73 Å². The molecule has 0 radical (unpaired) electrons. The Balaban J connectivity index is 0.00000196. The fourth-order valence-corrected chi connectivity index (χ4v) is 4.38. The van der Waals surface area contributed by atoms with Crippen LogP contribution in [0, 0.1) is 0 Å². The SMILES string of the molecule is Cl.NC[C@H]1CC[C@@H](C(=O)N(Cc2ccc3c(c2)CCO3)C2CCCC2)O1. The van der Waals surface area contributed by atoms with Crippen LogP contribution in [0.15, 0.2) is 18.2 Å². The maximum atomic E-state index is 13.2. The molecule has 2 N–H and O–H groups in total.